The largest absolute Gasteiger partial charge is 0.493 e. The molecule has 0 bridgehead atoms. The number of aryl methyl sites for hydroxylation is 1. The lowest BCUT2D eigenvalue weighted by atomic mass is 10.1. The number of nitrogens with two attached hydrogens (primary N) is 1. The van der Waals surface area contributed by atoms with Crippen molar-refractivity contribution in [2.75, 3.05) is 12.4 Å². The van der Waals surface area contributed by atoms with E-state index in [1.165, 1.54) is 13.2 Å². The highest BCUT2D eigenvalue weighted by Gasteiger charge is 2.20. The summed E-state index contributed by atoms with van der Waals surface area (Å²) in [5, 5.41) is 7.91. The first kappa shape index (κ1) is 20.2. The average molecular weight is 404 g/mol. The summed E-state index contributed by atoms with van der Waals surface area (Å²) in [6, 6.07) is 9.53. The van der Waals surface area contributed by atoms with Crippen molar-refractivity contribution in [3.8, 4) is 11.5 Å². The molecule has 1 aliphatic rings. The highest BCUT2D eigenvalue weighted by atomic mass is 32.2. The predicted molar refractivity (Wildman–Crippen MR) is 106 cm³/mol. The van der Waals surface area contributed by atoms with E-state index in [2.05, 4.69) is 5.32 Å². The Kier molecular flexibility index (Phi) is 5.90. The molecule has 1 amide bonds. The number of carbonyl (C=O) groups is 1. The molecule has 7 nitrogen and oxygen atoms in total. The van der Waals surface area contributed by atoms with Crippen LogP contribution in [-0.2, 0) is 10.0 Å². The number of sulfonamides is 1. The molecule has 1 aliphatic carbocycles. The molecule has 0 heterocycles. The van der Waals surface area contributed by atoms with Gasteiger partial charge in [-0.1, -0.05) is 6.07 Å². The molecule has 3 rings (SSSR count). The summed E-state index contributed by atoms with van der Waals surface area (Å²) in [7, 11) is -2.35. The van der Waals surface area contributed by atoms with Gasteiger partial charge in [-0.05, 0) is 68.5 Å². The van der Waals surface area contributed by atoms with Crippen LogP contribution in [0.2, 0.25) is 0 Å². The van der Waals surface area contributed by atoms with E-state index in [-0.39, 0.29) is 11.0 Å². The van der Waals surface area contributed by atoms with Gasteiger partial charge in [-0.3, -0.25) is 4.79 Å². The van der Waals surface area contributed by atoms with Gasteiger partial charge < -0.3 is 14.8 Å². The van der Waals surface area contributed by atoms with Gasteiger partial charge in [0.25, 0.3) is 5.91 Å². The molecule has 3 N–H and O–H groups in total. The summed E-state index contributed by atoms with van der Waals surface area (Å²) in [5.41, 5.74) is 1.22. The number of ether oxygens (including phenoxy) is 2. The number of amides is 1. The normalized spacial score (nSPS) is 14.7. The molecule has 2 aromatic rings. The Bertz CT molecular complexity index is 982. The van der Waals surface area contributed by atoms with Crippen LogP contribution in [-0.4, -0.2) is 27.5 Å². The van der Waals surface area contributed by atoms with Gasteiger partial charge in [0.2, 0.25) is 10.0 Å². The molecule has 1 fully saturated rings. The fourth-order valence-electron chi connectivity index (χ4n) is 3.28. The molecule has 0 aliphatic heterocycles. The first-order valence-corrected chi connectivity index (χ1v) is 10.6. The minimum Gasteiger partial charge on any atom is -0.493 e. The molecular weight excluding hydrogens is 380 g/mol. The van der Waals surface area contributed by atoms with E-state index in [0.717, 1.165) is 25.7 Å². The molecule has 2 aromatic carbocycles. The fourth-order valence-corrected chi connectivity index (χ4v) is 4.09. The number of rotatable bonds is 6. The van der Waals surface area contributed by atoms with Gasteiger partial charge in [-0.25, -0.2) is 13.6 Å². The zero-order chi connectivity index (χ0) is 20.3. The number of hydrogen-bond acceptors (Lipinski definition) is 5. The number of anilines is 1. The molecule has 1 saturated carbocycles. The maximum Gasteiger partial charge on any atom is 0.255 e. The first-order valence-electron chi connectivity index (χ1n) is 9.07. The zero-order valence-electron chi connectivity index (χ0n) is 15.9. The minimum absolute atomic E-state index is 0.0248. The van der Waals surface area contributed by atoms with Crippen molar-refractivity contribution < 1.29 is 22.7 Å². The van der Waals surface area contributed by atoms with Crippen LogP contribution in [0, 0.1) is 6.92 Å². The van der Waals surface area contributed by atoms with E-state index in [9.17, 15) is 13.2 Å². The van der Waals surface area contributed by atoms with Crippen molar-refractivity contribution in [2.24, 2.45) is 5.14 Å². The molecule has 150 valence electrons. The second-order valence-electron chi connectivity index (χ2n) is 6.87. The van der Waals surface area contributed by atoms with Gasteiger partial charge in [-0.2, -0.15) is 0 Å². The summed E-state index contributed by atoms with van der Waals surface area (Å²) < 4.78 is 34.7. The van der Waals surface area contributed by atoms with Crippen LogP contribution in [0.5, 0.6) is 11.5 Å². The summed E-state index contributed by atoms with van der Waals surface area (Å²) in [6.45, 7) is 1.64. The minimum atomic E-state index is -3.87. The van der Waals surface area contributed by atoms with Gasteiger partial charge in [0, 0.05) is 11.3 Å². The molecule has 0 saturated heterocycles. The van der Waals surface area contributed by atoms with E-state index in [1.807, 2.05) is 0 Å². The Morgan fingerprint density at radius 1 is 1.11 bits per heavy atom. The summed E-state index contributed by atoms with van der Waals surface area (Å²) in [6.07, 6.45) is 4.53. The number of carbonyl (C=O) groups excluding carboxylic acids is 1. The lowest BCUT2D eigenvalue weighted by molar-refractivity contribution is 0.102. The summed E-state index contributed by atoms with van der Waals surface area (Å²) in [4.78, 5) is 12.6. The van der Waals surface area contributed by atoms with Gasteiger partial charge >= 0.3 is 0 Å². The van der Waals surface area contributed by atoms with E-state index < -0.39 is 15.9 Å². The number of benzene rings is 2. The first-order chi connectivity index (χ1) is 13.3. The summed E-state index contributed by atoms with van der Waals surface area (Å²) >= 11 is 0. The molecule has 0 spiro atoms. The molecule has 0 atom stereocenters. The zero-order valence-corrected chi connectivity index (χ0v) is 16.7. The molecule has 28 heavy (non-hydrogen) atoms. The van der Waals surface area contributed by atoms with Crippen LogP contribution >= 0.6 is 0 Å². The maximum absolute atomic E-state index is 12.6. The van der Waals surface area contributed by atoms with E-state index in [0.29, 0.717) is 28.3 Å². The van der Waals surface area contributed by atoms with Crippen molar-refractivity contribution >= 4 is 21.6 Å². The summed E-state index contributed by atoms with van der Waals surface area (Å²) in [5.74, 6) is 0.696. The van der Waals surface area contributed by atoms with Gasteiger partial charge in [-0.15, -0.1) is 0 Å². The lowest BCUT2D eigenvalue weighted by Gasteiger charge is -2.16. The van der Waals surface area contributed by atoms with Crippen molar-refractivity contribution in [3.05, 3.63) is 47.5 Å². The van der Waals surface area contributed by atoms with E-state index in [4.69, 9.17) is 14.6 Å². The molecule has 0 aromatic heterocycles. The van der Waals surface area contributed by atoms with Crippen LogP contribution in [0.1, 0.15) is 41.6 Å². The Labute approximate surface area is 164 Å². The van der Waals surface area contributed by atoms with Crippen molar-refractivity contribution in [1.82, 2.24) is 0 Å². The highest BCUT2D eigenvalue weighted by molar-refractivity contribution is 7.89. The third-order valence-corrected chi connectivity index (χ3v) is 5.83. The third-order valence-electron chi connectivity index (χ3n) is 4.77. The average Bonchev–Trinajstić information content (AvgIpc) is 3.15. The van der Waals surface area contributed by atoms with Crippen molar-refractivity contribution in [1.29, 1.82) is 0 Å². The Hall–Kier alpha value is -2.58. The third kappa shape index (κ3) is 4.63. The molecule has 0 unspecified atom stereocenters. The standard InChI is InChI=1S/C20H24N2O5S/c1-13-7-9-15(12-19(13)28(21,24)25)22-20(23)14-8-10-17(18(11-14)26-2)27-16-5-3-4-6-16/h7-12,16H,3-6H2,1-2H3,(H,22,23)(H2,21,24,25). The topological polar surface area (TPSA) is 108 Å². The van der Waals surface area contributed by atoms with Gasteiger partial charge in [0.05, 0.1) is 18.1 Å². The number of primary sulfonamides is 1. The Morgan fingerprint density at radius 3 is 2.46 bits per heavy atom. The number of hydrogen-bond donors (Lipinski definition) is 2. The second-order valence-corrected chi connectivity index (χ2v) is 8.40. The fraction of sp³-hybridized carbons (Fsp3) is 0.350. The Balaban J connectivity index is 1.79. The molecule has 8 heteroatoms. The quantitative estimate of drug-likeness (QED) is 0.768. The van der Waals surface area contributed by atoms with Crippen molar-refractivity contribution in [2.45, 2.75) is 43.6 Å². The molecular formula is C20H24N2O5S. The second kappa shape index (κ2) is 8.20. The molecule has 0 radical (unpaired) electrons. The van der Waals surface area contributed by atoms with E-state index in [1.54, 1.807) is 37.3 Å². The maximum atomic E-state index is 12.6. The van der Waals surface area contributed by atoms with Crippen LogP contribution < -0.4 is 19.9 Å². The van der Waals surface area contributed by atoms with Crippen LogP contribution in [0.15, 0.2) is 41.3 Å². The van der Waals surface area contributed by atoms with Crippen LogP contribution in [0.3, 0.4) is 0 Å². The SMILES string of the molecule is COc1cc(C(=O)Nc2ccc(C)c(S(N)(=O)=O)c2)ccc1OC1CCCC1. The smallest absolute Gasteiger partial charge is 0.255 e. The van der Waals surface area contributed by atoms with E-state index >= 15 is 0 Å². The van der Waals surface area contributed by atoms with Crippen LogP contribution in [0.4, 0.5) is 5.69 Å². The monoisotopic (exact) mass is 404 g/mol. The van der Waals surface area contributed by atoms with Gasteiger partial charge in [0.15, 0.2) is 11.5 Å². The van der Waals surface area contributed by atoms with Crippen molar-refractivity contribution in [3.63, 3.8) is 0 Å². The van der Waals surface area contributed by atoms with Crippen LogP contribution in [0.25, 0.3) is 0 Å². The lowest BCUT2D eigenvalue weighted by Crippen LogP contribution is -2.16. The Morgan fingerprint density at radius 2 is 1.82 bits per heavy atom. The predicted octanol–water partition coefficient (Wildman–Crippen LogP) is 3.22. The number of methoxy groups -OCH3 is 1. The van der Waals surface area contributed by atoms with Gasteiger partial charge in [0.1, 0.15) is 0 Å². The highest BCUT2D eigenvalue weighted by Crippen LogP contribution is 2.32. The number of nitrogens with one attached hydrogen (secondary N) is 1.